The van der Waals surface area contributed by atoms with E-state index in [-0.39, 0.29) is 30.6 Å². The van der Waals surface area contributed by atoms with Crippen LogP contribution in [0.5, 0.6) is 28.7 Å². The van der Waals surface area contributed by atoms with Crippen LogP contribution in [0.2, 0.25) is 0 Å². The molecule has 7 rings (SSSR count). The Bertz CT molecular complexity index is 1930. The fourth-order valence-electron chi connectivity index (χ4n) is 8.56. The van der Waals surface area contributed by atoms with Crippen molar-refractivity contribution < 1.29 is 56.3 Å². The third-order valence-corrected chi connectivity index (χ3v) is 11.8. The van der Waals surface area contributed by atoms with Gasteiger partial charge in [-0.05, 0) is 31.4 Å². The number of esters is 2. The molecule has 17 heteroatoms. The number of hydrogen-bond acceptors (Lipinski definition) is 13. The molecule has 0 saturated carbocycles. The topological polar surface area (TPSA) is 160 Å². The molecule has 2 N–H and O–H groups in total. The lowest BCUT2D eigenvalue weighted by Crippen LogP contribution is -2.70. The van der Waals surface area contributed by atoms with E-state index in [0.717, 1.165) is 17.3 Å². The number of phenolic OH excluding ortho intramolecular Hbond substituents is 1. The first-order chi connectivity index (χ1) is 24.7. The lowest BCUT2D eigenvalue weighted by atomic mass is 9.71. The fraction of sp³-hybridized carbons (Fsp3) is 0.486. The Morgan fingerprint density at radius 2 is 1.92 bits per heavy atom. The predicted molar refractivity (Wildman–Crippen MR) is 177 cm³/mol. The maximum atomic E-state index is 13.4. The number of ether oxygens (including phenoxy) is 5. The number of aryl methyl sites for hydroxylation is 1. The summed E-state index contributed by atoms with van der Waals surface area (Å²) in [6.45, 7) is 8.31. The number of hydrogen-bond donors (Lipinski definition) is 2. The van der Waals surface area contributed by atoms with Gasteiger partial charge in [-0.25, -0.2) is 4.79 Å². The lowest BCUT2D eigenvalue weighted by Gasteiger charge is -2.62. The van der Waals surface area contributed by atoms with Crippen molar-refractivity contribution in [3.05, 3.63) is 52.1 Å². The van der Waals surface area contributed by atoms with Crippen molar-refractivity contribution >= 4 is 29.6 Å². The normalized spacial score (nSPS) is 27.7. The second kappa shape index (κ2) is 13.1. The van der Waals surface area contributed by atoms with Crippen LogP contribution in [0.25, 0.3) is 0 Å². The van der Waals surface area contributed by atoms with E-state index in [1.54, 1.807) is 25.2 Å². The van der Waals surface area contributed by atoms with Crippen molar-refractivity contribution in [3.8, 4) is 34.8 Å². The highest BCUT2D eigenvalue weighted by molar-refractivity contribution is 7.99. The summed E-state index contributed by atoms with van der Waals surface area (Å²) in [6, 6.07) is -1.11. The second-order valence-corrected chi connectivity index (χ2v) is 14.4. The molecule has 7 atom stereocenters. The summed E-state index contributed by atoms with van der Waals surface area (Å²) in [4.78, 5) is 42.3. The molecule has 4 unspecified atom stereocenters. The van der Waals surface area contributed by atoms with Gasteiger partial charge >= 0.3 is 24.0 Å². The lowest BCUT2D eigenvalue weighted by molar-refractivity contribution is -0.176. The molecule has 52 heavy (non-hydrogen) atoms. The Morgan fingerprint density at radius 3 is 2.58 bits per heavy atom. The number of benzene rings is 2. The van der Waals surface area contributed by atoms with Crippen LogP contribution < -0.4 is 24.3 Å². The number of nitrogens with zero attached hydrogens (tertiary/aromatic N) is 3. The summed E-state index contributed by atoms with van der Waals surface area (Å²) in [5.74, 6) is -3.60. The molecular weight excluding hydrogens is 709 g/mol. The number of aromatic hydroxyl groups is 1. The number of fused-ring (bicyclic) bond motifs is 9. The van der Waals surface area contributed by atoms with Gasteiger partial charge in [0.15, 0.2) is 23.0 Å². The molecule has 2 saturated heterocycles. The molecule has 0 spiro atoms. The minimum atomic E-state index is -5.27. The summed E-state index contributed by atoms with van der Waals surface area (Å²) >= 11 is 1.03. The molecule has 1 amide bonds. The summed E-state index contributed by atoms with van der Waals surface area (Å²) in [7, 11) is 1.44. The van der Waals surface area contributed by atoms with Gasteiger partial charge in [-0.15, -0.1) is 18.3 Å². The number of cyclic esters (lactones) is 1. The van der Waals surface area contributed by atoms with E-state index in [0.29, 0.717) is 45.7 Å². The summed E-state index contributed by atoms with van der Waals surface area (Å²) in [5.41, 5.74) is 3.30. The minimum absolute atomic E-state index is 0.104. The van der Waals surface area contributed by atoms with Gasteiger partial charge in [0.05, 0.1) is 30.5 Å². The zero-order valence-electron chi connectivity index (χ0n) is 28.5. The van der Waals surface area contributed by atoms with Crippen LogP contribution >= 0.6 is 11.8 Å². The number of carbonyl (C=O) groups excluding carboxylic acids is 3. The minimum Gasteiger partial charge on any atom is -0.504 e. The molecule has 13 nitrogen and oxygen atoms in total. The van der Waals surface area contributed by atoms with Gasteiger partial charge in [0.25, 0.3) is 0 Å². The largest absolute Gasteiger partial charge is 0.504 e. The number of piperazine rings is 1. The second-order valence-electron chi connectivity index (χ2n) is 13.2. The van der Waals surface area contributed by atoms with Crippen LogP contribution in [0.3, 0.4) is 0 Å². The van der Waals surface area contributed by atoms with Crippen molar-refractivity contribution in [2.24, 2.45) is 0 Å². The summed E-state index contributed by atoms with van der Waals surface area (Å²) in [6.07, 6.45) is -3.23. The number of thioether (sulfide) groups is 1. The number of nitrogens with one attached hydrogen (secondary N) is 1. The zero-order valence-corrected chi connectivity index (χ0v) is 29.4. The van der Waals surface area contributed by atoms with E-state index in [1.807, 2.05) is 11.0 Å². The molecular formula is C35H35F3N4O9S. The molecule has 5 aliphatic rings. The predicted octanol–water partition coefficient (Wildman–Crippen LogP) is 3.83. The number of nitriles is 1. The van der Waals surface area contributed by atoms with Gasteiger partial charge in [-0.3, -0.25) is 19.4 Å². The highest BCUT2D eigenvalue weighted by Gasteiger charge is 2.61. The Kier molecular flexibility index (Phi) is 8.99. The number of carbonyl (C=O) groups is 3. The number of alkyl halides is 3. The first-order valence-electron chi connectivity index (χ1n) is 16.5. The Hall–Kier alpha value is -4.66. The Balaban J connectivity index is 1.53. The SMILES string of the molecule is C=CCN1C2c3c(cc(C)c(OC)c3O)CC1[C@H](C#N)N1C2[C@@H]2SCC(NC(=O)C(F)(F)F)C(=O)OC[C@@H]1c1c3c(c(C)c(OC(C)=O)c12)OCO3. The smallest absolute Gasteiger partial charge is 0.471 e. The van der Waals surface area contributed by atoms with Gasteiger partial charge in [-0.2, -0.15) is 18.4 Å². The van der Waals surface area contributed by atoms with E-state index in [2.05, 4.69) is 17.5 Å². The Labute approximate surface area is 300 Å². The van der Waals surface area contributed by atoms with E-state index in [9.17, 15) is 37.9 Å². The van der Waals surface area contributed by atoms with Crippen molar-refractivity contribution in [1.29, 1.82) is 5.26 Å². The highest BCUT2D eigenvalue weighted by Crippen LogP contribution is 2.64. The van der Waals surface area contributed by atoms with Crippen molar-refractivity contribution in [2.75, 3.05) is 32.8 Å². The molecule has 2 fully saturated rings. The molecule has 0 aromatic heterocycles. The molecule has 0 aliphatic carbocycles. The van der Waals surface area contributed by atoms with Crippen LogP contribution in [0.4, 0.5) is 13.2 Å². The van der Waals surface area contributed by atoms with E-state index >= 15 is 0 Å². The molecule has 276 valence electrons. The number of methoxy groups -OCH3 is 1. The van der Waals surface area contributed by atoms with Gasteiger partial charge in [0.1, 0.15) is 24.4 Å². The first kappa shape index (κ1) is 35.7. The highest BCUT2D eigenvalue weighted by atomic mass is 32.2. The van der Waals surface area contributed by atoms with Crippen molar-refractivity contribution in [1.82, 2.24) is 15.1 Å². The molecule has 5 heterocycles. The third-order valence-electron chi connectivity index (χ3n) is 10.4. The maximum absolute atomic E-state index is 13.4. The summed E-state index contributed by atoms with van der Waals surface area (Å²) < 4.78 is 69.5. The fourth-order valence-corrected chi connectivity index (χ4v) is 10.1. The van der Waals surface area contributed by atoms with E-state index in [4.69, 9.17) is 23.7 Å². The number of rotatable bonds is 5. The van der Waals surface area contributed by atoms with Crippen LogP contribution in [-0.2, 0) is 25.5 Å². The molecule has 2 aromatic rings. The van der Waals surface area contributed by atoms with Gasteiger partial charge < -0.3 is 34.1 Å². The first-order valence-corrected chi connectivity index (χ1v) is 17.5. The van der Waals surface area contributed by atoms with Crippen molar-refractivity contribution in [2.45, 2.75) is 74.9 Å². The zero-order chi connectivity index (χ0) is 37.4. The molecule has 4 bridgehead atoms. The maximum Gasteiger partial charge on any atom is 0.471 e. The average Bonchev–Trinajstić information content (AvgIpc) is 3.57. The van der Waals surface area contributed by atoms with Crippen molar-refractivity contribution in [3.63, 3.8) is 0 Å². The van der Waals surface area contributed by atoms with Crippen LogP contribution in [0.15, 0.2) is 18.7 Å². The van der Waals surface area contributed by atoms with Crippen LogP contribution in [-0.4, -0.2) is 95.9 Å². The monoisotopic (exact) mass is 744 g/mol. The van der Waals surface area contributed by atoms with Gasteiger partial charge in [0, 0.05) is 53.6 Å². The van der Waals surface area contributed by atoms with E-state index in [1.165, 1.54) is 14.0 Å². The summed E-state index contributed by atoms with van der Waals surface area (Å²) in [5, 5.41) is 23.8. The number of amides is 1. The molecule has 2 aromatic carbocycles. The average molecular weight is 745 g/mol. The Morgan fingerprint density at radius 1 is 1.19 bits per heavy atom. The van der Waals surface area contributed by atoms with Crippen LogP contribution in [0.1, 0.15) is 57.6 Å². The van der Waals surface area contributed by atoms with E-state index < -0.39 is 77.9 Å². The molecule has 5 aliphatic heterocycles. The molecule has 0 radical (unpaired) electrons. The number of phenols is 1. The number of halogens is 3. The van der Waals surface area contributed by atoms with Crippen LogP contribution in [0, 0.1) is 25.2 Å². The third kappa shape index (κ3) is 5.41. The van der Waals surface area contributed by atoms with Gasteiger partial charge in [-0.1, -0.05) is 12.1 Å². The quantitative estimate of drug-likeness (QED) is 0.259. The standard InChI is InChI=1S/C35H35F3N4O9S/c1-6-7-41-19-9-17-8-14(2)28(47-5)27(44)22(17)25(41)26-32-24-23(31-30(49-13-50-31)15(3)29(24)51-16(4)43)21(42(26)20(19)10-39)11-48-33(45)18(12-52-32)40-34(46)35(36,37)38/h6,8,18-21,25-26,32,44H,1,7,9,11-13H2,2-5H3,(H,40,46)/t18?,19?,20-,21+,25?,26?,32+/m0/s1. The van der Waals surface area contributed by atoms with Gasteiger partial charge in [0.2, 0.25) is 6.79 Å².